The number of anilines is 1. The summed E-state index contributed by atoms with van der Waals surface area (Å²) >= 11 is 17.7. The number of nitrogens with zero attached hydrogens (tertiary/aromatic N) is 1. The summed E-state index contributed by atoms with van der Waals surface area (Å²) in [4.78, 5) is 2.44. The van der Waals surface area contributed by atoms with Crippen molar-refractivity contribution in [3.05, 3.63) is 64.1 Å². The third-order valence-corrected chi connectivity index (χ3v) is 5.36. The van der Waals surface area contributed by atoms with Gasteiger partial charge in [0.15, 0.2) is 5.11 Å². The maximum absolute atomic E-state index is 6.23. The van der Waals surface area contributed by atoms with E-state index in [9.17, 15) is 0 Å². The van der Waals surface area contributed by atoms with Crippen molar-refractivity contribution < 1.29 is 4.74 Å². The monoisotopic (exact) mass is 423 g/mol. The number of thiocarbonyl (C=S) groups is 1. The Balaban J connectivity index is 1.71. The van der Waals surface area contributed by atoms with E-state index in [1.54, 1.807) is 12.1 Å². The lowest BCUT2D eigenvalue weighted by Gasteiger charge is -2.38. The van der Waals surface area contributed by atoms with E-state index in [1.165, 1.54) is 5.56 Å². The van der Waals surface area contributed by atoms with E-state index >= 15 is 0 Å². The van der Waals surface area contributed by atoms with Crippen LogP contribution in [0.1, 0.15) is 18.5 Å². The molecule has 0 spiro atoms. The Morgan fingerprint density at radius 1 is 1.11 bits per heavy atom. The summed E-state index contributed by atoms with van der Waals surface area (Å²) < 4.78 is 5.52. The molecule has 4 nitrogen and oxygen atoms in total. The Morgan fingerprint density at radius 3 is 2.48 bits per heavy atom. The number of rotatable bonds is 5. The lowest BCUT2D eigenvalue weighted by molar-refractivity contribution is 0.0102. The first-order valence-corrected chi connectivity index (χ1v) is 10.1. The molecule has 1 aliphatic rings. The zero-order chi connectivity index (χ0) is 19.2. The highest BCUT2D eigenvalue weighted by atomic mass is 35.5. The lowest BCUT2D eigenvalue weighted by atomic mass is 9.98. The molecule has 1 fully saturated rings. The van der Waals surface area contributed by atoms with Gasteiger partial charge in [-0.3, -0.25) is 4.90 Å². The van der Waals surface area contributed by atoms with Crippen molar-refractivity contribution in [1.29, 1.82) is 0 Å². The van der Waals surface area contributed by atoms with Crippen molar-refractivity contribution in [2.45, 2.75) is 19.0 Å². The zero-order valence-electron chi connectivity index (χ0n) is 15.1. The van der Waals surface area contributed by atoms with Gasteiger partial charge in [0.05, 0.1) is 30.0 Å². The van der Waals surface area contributed by atoms with Crippen molar-refractivity contribution in [3.8, 4) is 0 Å². The van der Waals surface area contributed by atoms with Gasteiger partial charge in [-0.05, 0) is 42.9 Å². The third-order valence-electron chi connectivity index (χ3n) is 4.59. The van der Waals surface area contributed by atoms with E-state index in [1.807, 2.05) is 12.1 Å². The highest BCUT2D eigenvalue weighted by molar-refractivity contribution is 7.80. The molecule has 2 N–H and O–H groups in total. The highest BCUT2D eigenvalue weighted by Gasteiger charge is 2.28. The number of hydrogen-bond donors (Lipinski definition) is 2. The van der Waals surface area contributed by atoms with E-state index in [-0.39, 0.29) is 12.1 Å². The van der Waals surface area contributed by atoms with Crippen LogP contribution in [-0.4, -0.2) is 42.4 Å². The standard InChI is InChI=1S/C20H23Cl2N3OS/c1-14(23-20(27)24-18-8-7-16(21)13-17(18)22)19(15-5-3-2-4-6-15)25-9-11-26-12-10-25/h2-8,13-14,19H,9-12H2,1H3,(H2,23,24,27)/t14-,19+/m0/s1. The Bertz CT molecular complexity index is 769. The molecule has 0 saturated carbocycles. The molecule has 3 rings (SSSR count). The summed E-state index contributed by atoms with van der Waals surface area (Å²) in [5, 5.41) is 8.23. The number of nitrogens with one attached hydrogen (secondary N) is 2. The number of hydrogen-bond acceptors (Lipinski definition) is 3. The van der Waals surface area contributed by atoms with Gasteiger partial charge in [0.1, 0.15) is 0 Å². The fourth-order valence-corrected chi connectivity index (χ4v) is 4.11. The quantitative estimate of drug-likeness (QED) is 0.678. The summed E-state index contributed by atoms with van der Waals surface area (Å²) in [6, 6.07) is 16.1. The van der Waals surface area contributed by atoms with Crippen LogP contribution >= 0.6 is 35.4 Å². The Hall–Kier alpha value is -1.37. The lowest BCUT2D eigenvalue weighted by Crippen LogP contribution is -2.49. The maximum Gasteiger partial charge on any atom is 0.171 e. The zero-order valence-corrected chi connectivity index (χ0v) is 17.4. The van der Waals surface area contributed by atoms with Crippen molar-refractivity contribution in [2.24, 2.45) is 0 Å². The van der Waals surface area contributed by atoms with E-state index in [0.29, 0.717) is 15.2 Å². The molecule has 0 aliphatic carbocycles. The summed E-state index contributed by atoms with van der Waals surface area (Å²) in [7, 11) is 0. The van der Waals surface area contributed by atoms with Gasteiger partial charge in [-0.2, -0.15) is 0 Å². The second-order valence-electron chi connectivity index (χ2n) is 6.52. The summed E-state index contributed by atoms with van der Waals surface area (Å²) in [6.45, 7) is 5.44. The van der Waals surface area contributed by atoms with Crippen LogP contribution in [0.25, 0.3) is 0 Å². The summed E-state index contributed by atoms with van der Waals surface area (Å²) in [5.74, 6) is 0. The van der Waals surface area contributed by atoms with E-state index < -0.39 is 0 Å². The topological polar surface area (TPSA) is 36.5 Å². The molecule has 0 radical (unpaired) electrons. The Kier molecular flexibility index (Phi) is 7.33. The fraction of sp³-hybridized carbons (Fsp3) is 0.350. The van der Waals surface area contributed by atoms with Gasteiger partial charge in [-0.25, -0.2) is 0 Å². The predicted molar refractivity (Wildman–Crippen MR) is 117 cm³/mol. The largest absolute Gasteiger partial charge is 0.379 e. The molecule has 0 unspecified atom stereocenters. The van der Waals surface area contributed by atoms with Crippen LogP contribution in [0, 0.1) is 0 Å². The number of benzene rings is 2. The summed E-state index contributed by atoms with van der Waals surface area (Å²) in [5.41, 5.74) is 1.99. The average molecular weight is 424 g/mol. The molecule has 1 heterocycles. The van der Waals surface area contributed by atoms with Crippen LogP contribution in [0.4, 0.5) is 5.69 Å². The van der Waals surface area contributed by atoms with Crippen LogP contribution in [0.2, 0.25) is 10.0 Å². The third kappa shape index (κ3) is 5.56. The van der Waals surface area contributed by atoms with Crippen molar-refractivity contribution >= 4 is 46.2 Å². The molecule has 0 aromatic heterocycles. The highest BCUT2D eigenvalue weighted by Crippen LogP contribution is 2.27. The van der Waals surface area contributed by atoms with E-state index in [0.717, 1.165) is 32.0 Å². The molecule has 1 saturated heterocycles. The average Bonchev–Trinajstić information content (AvgIpc) is 2.66. The van der Waals surface area contributed by atoms with Crippen LogP contribution < -0.4 is 10.6 Å². The minimum absolute atomic E-state index is 0.0941. The molecular weight excluding hydrogens is 401 g/mol. The van der Waals surface area contributed by atoms with Crippen molar-refractivity contribution in [3.63, 3.8) is 0 Å². The second kappa shape index (κ2) is 9.71. The summed E-state index contributed by atoms with van der Waals surface area (Å²) in [6.07, 6.45) is 0. The van der Waals surface area contributed by atoms with Crippen LogP contribution in [0.15, 0.2) is 48.5 Å². The van der Waals surface area contributed by atoms with Gasteiger partial charge in [0, 0.05) is 24.2 Å². The molecule has 0 amide bonds. The molecule has 1 aliphatic heterocycles. The fourth-order valence-electron chi connectivity index (χ4n) is 3.36. The first kappa shape index (κ1) is 20.4. The molecule has 2 aromatic carbocycles. The van der Waals surface area contributed by atoms with Crippen LogP contribution in [0.5, 0.6) is 0 Å². The minimum atomic E-state index is 0.0941. The molecule has 144 valence electrons. The molecule has 2 aromatic rings. The normalized spacial score (nSPS) is 17.1. The number of halogens is 2. The minimum Gasteiger partial charge on any atom is -0.379 e. The molecule has 27 heavy (non-hydrogen) atoms. The van der Waals surface area contributed by atoms with Crippen LogP contribution in [0.3, 0.4) is 0 Å². The second-order valence-corrected chi connectivity index (χ2v) is 7.77. The number of ether oxygens (including phenoxy) is 1. The van der Waals surface area contributed by atoms with Gasteiger partial charge in [-0.15, -0.1) is 0 Å². The van der Waals surface area contributed by atoms with Gasteiger partial charge in [-0.1, -0.05) is 53.5 Å². The SMILES string of the molecule is C[C@H](NC(=S)Nc1ccc(Cl)cc1Cl)[C@H](c1ccccc1)N1CCOCC1. The van der Waals surface area contributed by atoms with Crippen LogP contribution in [-0.2, 0) is 4.74 Å². The van der Waals surface area contributed by atoms with E-state index in [2.05, 4.69) is 46.7 Å². The van der Waals surface area contributed by atoms with Crippen molar-refractivity contribution in [1.82, 2.24) is 10.2 Å². The van der Waals surface area contributed by atoms with Gasteiger partial charge in [0.25, 0.3) is 0 Å². The Labute approximate surface area is 175 Å². The molecular formula is C20H23Cl2N3OS. The molecule has 2 atom stereocenters. The molecule has 0 bridgehead atoms. The van der Waals surface area contributed by atoms with Gasteiger partial charge < -0.3 is 15.4 Å². The maximum atomic E-state index is 6.23. The molecule has 7 heteroatoms. The number of morpholine rings is 1. The van der Waals surface area contributed by atoms with Gasteiger partial charge >= 0.3 is 0 Å². The first-order valence-electron chi connectivity index (χ1n) is 8.94. The van der Waals surface area contributed by atoms with Gasteiger partial charge in [0.2, 0.25) is 0 Å². The van der Waals surface area contributed by atoms with Crippen molar-refractivity contribution in [2.75, 3.05) is 31.6 Å². The van der Waals surface area contributed by atoms with E-state index in [4.69, 9.17) is 40.2 Å². The smallest absolute Gasteiger partial charge is 0.171 e. The Morgan fingerprint density at radius 2 is 1.81 bits per heavy atom. The first-order chi connectivity index (χ1) is 13.0. The predicted octanol–water partition coefficient (Wildman–Crippen LogP) is 4.74.